The fraction of sp³-hybridized carbons (Fsp3) is 1.00. The van der Waals surface area contributed by atoms with E-state index in [2.05, 4.69) is 18.7 Å². The second-order valence-corrected chi connectivity index (χ2v) is 11.1. The summed E-state index contributed by atoms with van der Waals surface area (Å²) in [5.41, 5.74) is -0.788. The van der Waals surface area contributed by atoms with Gasteiger partial charge in [-0.2, -0.15) is 0 Å². The third kappa shape index (κ3) is 1.66. The highest BCUT2D eigenvalue weighted by Gasteiger charge is 2.82. The van der Waals surface area contributed by atoms with Crippen LogP contribution in [0.4, 0.5) is 0 Å². The van der Waals surface area contributed by atoms with Gasteiger partial charge in [0.25, 0.3) is 0 Å². The zero-order chi connectivity index (χ0) is 18.9. The van der Waals surface area contributed by atoms with Crippen molar-refractivity contribution in [3.8, 4) is 0 Å². The van der Waals surface area contributed by atoms with Crippen molar-refractivity contribution < 1.29 is 20.1 Å². The molecule has 5 aliphatic carbocycles. The smallest absolute Gasteiger partial charge is 0.0771 e. The molecule has 1 spiro atoms. The number of hydrogen-bond donors (Lipinski definition) is 3. The highest BCUT2D eigenvalue weighted by Crippen LogP contribution is 2.78. The van der Waals surface area contributed by atoms with Gasteiger partial charge in [-0.25, -0.2) is 0 Å². The van der Waals surface area contributed by atoms with Gasteiger partial charge in [0.15, 0.2) is 0 Å². The SMILES string of the molecule is CCN1C[C@]2(C)CC[C@H](O)C34C5C[C@H]6C(O)C5[C@](O)(C[C@@H]6OC)C(CC32)[C@H]14. The van der Waals surface area contributed by atoms with Crippen LogP contribution in [0.1, 0.15) is 46.0 Å². The van der Waals surface area contributed by atoms with Gasteiger partial charge < -0.3 is 20.1 Å². The predicted octanol–water partition coefficient (Wildman–Crippen LogP) is 1.25. The largest absolute Gasteiger partial charge is 0.392 e. The number of likely N-dealkylation sites (tertiary alicyclic amines) is 1. The molecule has 152 valence electrons. The number of methoxy groups -OCH3 is 1. The van der Waals surface area contributed by atoms with E-state index in [0.717, 1.165) is 38.8 Å². The molecule has 6 unspecified atom stereocenters. The summed E-state index contributed by atoms with van der Waals surface area (Å²) >= 11 is 0. The van der Waals surface area contributed by atoms with Crippen LogP contribution >= 0.6 is 0 Å². The molecule has 5 nitrogen and oxygen atoms in total. The van der Waals surface area contributed by atoms with Crippen molar-refractivity contribution in [2.24, 2.45) is 40.4 Å². The summed E-state index contributed by atoms with van der Waals surface area (Å²) in [4.78, 5) is 2.60. The third-order valence-corrected chi connectivity index (χ3v) is 10.7. The van der Waals surface area contributed by atoms with E-state index >= 15 is 0 Å². The van der Waals surface area contributed by atoms with Gasteiger partial charge in [-0.3, -0.25) is 4.90 Å². The fourth-order valence-electron chi connectivity index (χ4n) is 10.1. The Kier molecular flexibility index (Phi) is 3.33. The van der Waals surface area contributed by atoms with Gasteiger partial charge >= 0.3 is 0 Å². The summed E-state index contributed by atoms with van der Waals surface area (Å²) in [6.45, 7) is 6.74. The van der Waals surface area contributed by atoms with Crippen LogP contribution in [-0.4, -0.2) is 70.4 Å². The first-order valence-corrected chi connectivity index (χ1v) is 11.2. The molecule has 1 aliphatic heterocycles. The maximum Gasteiger partial charge on any atom is 0.0771 e. The van der Waals surface area contributed by atoms with E-state index in [-0.39, 0.29) is 52.8 Å². The fourth-order valence-corrected chi connectivity index (χ4v) is 10.1. The second kappa shape index (κ2) is 5.10. The molecule has 3 N–H and O–H groups in total. The minimum Gasteiger partial charge on any atom is -0.392 e. The molecule has 27 heavy (non-hydrogen) atoms. The first-order chi connectivity index (χ1) is 12.8. The molecule has 5 saturated carbocycles. The van der Waals surface area contributed by atoms with E-state index < -0.39 is 11.7 Å². The highest BCUT2D eigenvalue weighted by atomic mass is 16.5. The minimum atomic E-state index is -0.858. The van der Waals surface area contributed by atoms with Crippen molar-refractivity contribution in [1.82, 2.24) is 4.90 Å². The molecular weight excluding hydrogens is 342 g/mol. The number of fused-ring (bicyclic) bond motifs is 2. The van der Waals surface area contributed by atoms with Crippen LogP contribution in [-0.2, 0) is 4.74 Å². The van der Waals surface area contributed by atoms with E-state index in [4.69, 9.17) is 4.74 Å². The van der Waals surface area contributed by atoms with E-state index in [1.54, 1.807) is 7.11 Å². The van der Waals surface area contributed by atoms with Crippen molar-refractivity contribution in [2.75, 3.05) is 20.2 Å². The van der Waals surface area contributed by atoms with Gasteiger partial charge in [-0.05, 0) is 49.5 Å². The average molecular weight is 378 g/mol. The molecule has 0 aromatic heterocycles. The first-order valence-electron chi connectivity index (χ1n) is 11.2. The summed E-state index contributed by atoms with van der Waals surface area (Å²) in [5, 5.41) is 34.9. The summed E-state index contributed by atoms with van der Waals surface area (Å²) in [6, 6.07) is 0.253. The molecule has 7 bridgehead atoms. The van der Waals surface area contributed by atoms with E-state index in [1.807, 2.05) is 0 Å². The minimum absolute atomic E-state index is 0.0657. The van der Waals surface area contributed by atoms with Crippen LogP contribution < -0.4 is 0 Å². The van der Waals surface area contributed by atoms with Gasteiger partial charge in [-0.15, -0.1) is 0 Å². The number of aliphatic hydroxyl groups excluding tert-OH is 2. The van der Waals surface area contributed by atoms with Crippen LogP contribution in [0.5, 0.6) is 0 Å². The van der Waals surface area contributed by atoms with Crippen molar-refractivity contribution in [3.63, 3.8) is 0 Å². The number of ether oxygens (including phenoxy) is 1. The molecule has 5 heteroatoms. The molecule has 6 rings (SSSR count). The van der Waals surface area contributed by atoms with Crippen molar-refractivity contribution >= 4 is 0 Å². The summed E-state index contributed by atoms with van der Waals surface area (Å²) in [5.74, 6) is 0.840. The summed E-state index contributed by atoms with van der Waals surface area (Å²) in [7, 11) is 1.73. The maximum atomic E-state index is 12.1. The van der Waals surface area contributed by atoms with Gasteiger partial charge in [0, 0.05) is 49.3 Å². The number of piperidine rings is 1. The Labute approximate surface area is 162 Å². The van der Waals surface area contributed by atoms with Crippen molar-refractivity contribution in [2.45, 2.75) is 75.9 Å². The molecule has 12 atom stereocenters. The van der Waals surface area contributed by atoms with Crippen molar-refractivity contribution in [3.05, 3.63) is 0 Å². The van der Waals surface area contributed by atoms with Gasteiger partial charge in [0.1, 0.15) is 0 Å². The topological polar surface area (TPSA) is 73.2 Å². The lowest BCUT2D eigenvalue weighted by Gasteiger charge is -2.68. The molecule has 0 aromatic rings. The van der Waals surface area contributed by atoms with Crippen LogP contribution in [0.2, 0.25) is 0 Å². The molecule has 0 radical (unpaired) electrons. The number of nitrogens with zero attached hydrogens (tertiary/aromatic N) is 1. The van der Waals surface area contributed by atoms with Crippen LogP contribution in [0.25, 0.3) is 0 Å². The first kappa shape index (κ1) is 17.6. The summed E-state index contributed by atoms with van der Waals surface area (Å²) in [6.07, 6.45) is 3.66. The molecule has 0 aromatic carbocycles. The quantitative estimate of drug-likeness (QED) is 0.676. The molecule has 0 amide bonds. The van der Waals surface area contributed by atoms with Gasteiger partial charge in [-0.1, -0.05) is 13.8 Å². The Morgan fingerprint density at radius 1 is 1.19 bits per heavy atom. The Bertz CT molecular complexity index is 673. The van der Waals surface area contributed by atoms with Gasteiger partial charge in [0.05, 0.1) is 23.9 Å². The van der Waals surface area contributed by atoms with Crippen LogP contribution in [0, 0.1) is 40.4 Å². The van der Waals surface area contributed by atoms with E-state index in [1.165, 1.54) is 0 Å². The standard InChI is InChI=1S/C22H35NO4/c1-4-23-10-20(2)6-5-16(24)22-12-7-11-14(27-3)9-21(26,17(12)18(11)25)13(19(22)23)8-15(20)22/h11-19,24-26H,4-10H2,1-3H3/t11-,12?,13?,14+,15?,16+,17?,18?,19+,20+,21+,22?/m1/s1. The van der Waals surface area contributed by atoms with Gasteiger partial charge in [0.2, 0.25) is 0 Å². The van der Waals surface area contributed by atoms with E-state index in [0.29, 0.717) is 12.3 Å². The molecular formula is C22H35NO4. The number of aliphatic hydroxyl groups is 3. The monoisotopic (exact) mass is 377 g/mol. The molecule has 6 fully saturated rings. The number of rotatable bonds is 2. The lowest BCUT2D eigenvalue weighted by molar-refractivity contribution is -0.266. The zero-order valence-corrected chi connectivity index (χ0v) is 16.8. The zero-order valence-electron chi connectivity index (χ0n) is 16.8. The second-order valence-electron chi connectivity index (χ2n) is 11.1. The lowest BCUT2D eigenvalue weighted by atomic mass is 9.43. The molecule has 1 saturated heterocycles. The average Bonchev–Trinajstić information content (AvgIpc) is 3.07. The number of hydrogen-bond acceptors (Lipinski definition) is 5. The molecule has 6 aliphatic rings. The predicted molar refractivity (Wildman–Crippen MR) is 99.9 cm³/mol. The maximum absolute atomic E-state index is 12.1. The Morgan fingerprint density at radius 2 is 1.96 bits per heavy atom. The Hall–Kier alpha value is -0.200. The van der Waals surface area contributed by atoms with Crippen LogP contribution in [0.15, 0.2) is 0 Å². The Balaban J connectivity index is 1.59. The Morgan fingerprint density at radius 3 is 2.67 bits per heavy atom. The van der Waals surface area contributed by atoms with Crippen LogP contribution in [0.3, 0.4) is 0 Å². The lowest BCUT2D eigenvalue weighted by Crippen LogP contribution is -2.75. The van der Waals surface area contributed by atoms with Crippen molar-refractivity contribution in [1.29, 1.82) is 0 Å². The highest BCUT2D eigenvalue weighted by molar-refractivity contribution is 5.32. The summed E-state index contributed by atoms with van der Waals surface area (Å²) < 4.78 is 5.79. The third-order valence-electron chi connectivity index (χ3n) is 10.7. The normalized spacial score (nSPS) is 66.2. The van der Waals surface area contributed by atoms with E-state index in [9.17, 15) is 15.3 Å². The molecule has 1 heterocycles.